The summed E-state index contributed by atoms with van der Waals surface area (Å²) in [7, 11) is 0. The number of Topliss-reactive ketones (excluding diaryl/α,β-unsaturated/α-hetero) is 1. The summed E-state index contributed by atoms with van der Waals surface area (Å²) >= 11 is 0. The van der Waals surface area contributed by atoms with Gasteiger partial charge in [0.25, 0.3) is 0 Å². The summed E-state index contributed by atoms with van der Waals surface area (Å²) in [6, 6.07) is 7.81. The third-order valence-corrected chi connectivity index (χ3v) is 1.68. The average Bonchev–Trinajstić information content (AvgIpc) is 2.20. The number of hydrogen-bond acceptors (Lipinski definition) is 2. The van der Waals surface area contributed by atoms with Crippen LogP contribution in [0, 0.1) is 0 Å². The Labute approximate surface area is 86.1 Å². The zero-order valence-electron chi connectivity index (χ0n) is 9.21. The molecule has 1 rings (SSSR count). The summed E-state index contributed by atoms with van der Waals surface area (Å²) in [6.45, 7) is 6.13. The molecule has 0 unspecified atom stereocenters. The molecule has 0 aromatic heterocycles. The van der Waals surface area contributed by atoms with Crippen molar-refractivity contribution in [2.24, 2.45) is 5.73 Å². The van der Waals surface area contributed by atoms with Crippen LogP contribution in [0.4, 0.5) is 0 Å². The van der Waals surface area contributed by atoms with Gasteiger partial charge in [-0.05, 0) is 18.1 Å². The quantitative estimate of drug-likeness (QED) is 0.800. The van der Waals surface area contributed by atoms with E-state index in [-0.39, 0.29) is 5.78 Å². The Balaban J connectivity index is 0.000000791. The van der Waals surface area contributed by atoms with E-state index in [0.717, 1.165) is 11.1 Å². The first-order chi connectivity index (χ1) is 6.72. The maximum absolute atomic E-state index is 10.8. The Morgan fingerprint density at radius 2 is 1.86 bits per heavy atom. The Bertz CT molecular complexity index is 281. The lowest BCUT2D eigenvalue weighted by Crippen LogP contribution is -2.00. The molecule has 0 radical (unpaired) electrons. The fourth-order valence-corrected chi connectivity index (χ4v) is 1.15. The van der Waals surface area contributed by atoms with Crippen molar-refractivity contribution in [3.8, 4) is 0 Å². The van der Waals surface area contributed by atoms with E-state index in [1.807, 2.05) is 38.1 Å². The molecule has 2 N–H and O–H groups in total. The second-order valence-electron chi connectivity index (χ2n) is 2.90. The molecule has 0 saturated carbocycles. The van der Waals surface area contributed by atoms with E-state index >= 15 is 0 Å². The predicted octanol–water partition coefficient (Wildman–Crippen LogP) is 2.30. The van der Waals surface area contributed by atoms with Crippen LogP contribution in [0.5, 0.6) is 0 Å². The maximum Gasteiger partial charge on any atom is 0.134 e. The van der Waals surface area contributed by atoms with E-state index in [0.29, 0.717) is 13.0 Å². The number of benzene rings is 1. The molecule has 0 saturated heterocycles. The molecule has 0 aliphatic rings. The summed E-state index contributed by atoms with van der Waals surface area (Å²) < 4.78 is 0. The van der Waals surface area contributed by atoms with Crippen molar-refractivity contribution in [2.45, 2.75) is 33.7 Å². The van der Waals surface area contributed by atoms with Gasteiger partial charge in [-0.3, -0.25) is 4.79 Å². The Kier molecular flexibility index (Phi) is 6.68. The molecule has 14 heavy (non-hydrogen) atoms. The molecule has 0 aliphatic heterocycles. The zero-order valence-corrected chi connectivity index (χ0v) is 9.21. The number of nitrogens with two attached hydrogens (primary N) is 1. The van der Waals surface area contributed by atoms with Crippen molar-refractivity contribution in [3.05, 3.63) is 35.4 Å². The van der Waals surface area contributed by atoms with Gasteiger partial charge in [-0.2, -0.15) is 0 Å². The third-order valence-electron chi connectivity index (χ3n) is 1.68. The molecular weight excluding hydrogens is 174 g/mol. The van der Waals surface area contributed by atoms with Crippen LogP contribution in [0.2, 0.25) is 0 Å². The first-order valence-electron chi connectivity index (χ1n) is 4.99. The van der Waals surface area contributed by atoms with Crippen molar-refractivity contribution in [1.82, 2.24) is 0 Å². The van der Waals surface area contributed by atoms with E-state index < -0.39 is 0 Å². The van der Waals surface area contributed by atoms with Gasteiger partial charge in [0.15, 0.2) is 0 Å². The average molecular weight is 193 g/mol. The fraction of sp³-hybridized carbons (Fsp3) is 0.417. The lowest BCUT2D eigenvalue weighted by Gasteiger charge is -2.00. The van der Waals surface area contributed by atoms with Gasteiger partial charge < -0.3 is 5.73 Å². The van der Waals surface area contributed by atoms with Gasteiger partial charge in [-0.15, -0.1) is 0 Å². The van der Waals surface area contributed by atoms with Gasteiger partial charge in [-0.25, -0.2) is 0 Å². The summed E-state index contributed by atoms with van der Waals surface area (Å²) in [5.41, 5.74) is 7.59. The number of ketones is 1. The first kappa shape index (κ1) is 12.8. The Hall–Kier alpha value is -1.15. The molecule has 78 valence electrons. The van der Waals surface area contributed by atoms with Crippen LogP contribution in [0.15, 0.2) is 24.3 Å². The molecular formula is C12H19NO. The lowest BCUT2D eigenvalue weighted by atomic mass is 10.1. The van der Waals surface area contributed by atoms with E-state index in [2.05, 4.69) is 0 Å². The van der Waals surface area contributed by atoms with Gasteiger partial charge in [0, 0.05) is 13.0 Å². The molecule has 0 amide bonds. The summed E-state index contributed by atoms with van der Waals surface area (Å²) in [6.07, 6.45) is 0.508. The van der Waals surface area contributed by atoms with E-state index in [4.69, 9.17) is 5.73 Å². The van der Waals surface area contributed by atoms with Crippen molar-refractivity contribution < 1.29 is 4.79 Å². The summed E-state index contributed by atoms with van der Waals surface area (Å²) in [4.78, 5) is 10.8. The number of rotatable bonds is 3. The van der Waals surface area contributed by atoms with Crippen LogP contribution >= 0.6 is 0 Å². The van der Waals surface area contributed by atoms with Gasteiger partial charge in [0.05, 0.1) is 0 Å². The zero-order chi connectivity index (χ0) is 11.0. The second kappa shape index (κ2) is 7.27. The standard InChI is InChI=1S/C10H13NO.C2H6/c1-8(12)5-9-3-2-4-10(6-9)7-11;1-2/h2-4,6H,5,7,11H2,1H3;1-2H3. The Morgan fingerprint density at radius 3 is 2.36 bits per heavy atom. The van der Waals surface area contributed by atoms with E-state index in [1.54, 1.807) is 6.92 Å². The van der Waals surface area contributed by atoms with E-state index in [1.165, 1.54) is 0 Å². The molecule has 0 aliphatic carbocycles. The number of hydrogen-bond donors (Lipinski definition) is 1. The molecule has 0 bridgehead atoms. The van der Waals surface area contributed by atoms with Crippen molar-refractivity contribution in [2.75, 3.05) is 0 Å². The summed E-state index contributed by atoms with van der Waals surface area (Å²) in [5, 5.41) is 0. The summed E-state index contributed by atoms with van der Waals surface area (Å²) in [5.74, 6) is 0.184. The molecule has 0 spiro atoms. The highest BCUT2D eigenvalue weighted by Gasteiger charge is 1.97. The molecule has 2 heteroatoms. The molecule has 0 fully saturated rings. The van der Waals surface area contributed by atoms with Crippen LogP contribution in [0.1, 0.15) is 31.9 Å². The van der Waals surface area contributed by atoms with Crippen molar-refractivity contribution >= 4 is 5.78 Å². The molecule has 2 nitrogen and oxygen atoms in total. The normalized spacial score (nSPS) is 8.86. The fourth-order valence-electron chi connectivity index (χ4n) is 1.15. The van der Waals surface area contributed by atoms with Crippen LogP contribution in [0.3, 0.4) is 0 Å². The smallest absolute Gasteiger partial charge is 0.134 e. The molecule has 0 heterocycles. The number of carbonyl (C=O) groups excluding carboxylic acids is 1. The minimum atomic E-state index is 0.184. The highest BCUT2D eigenvalue weighted by atomic mass is 16.1. The molecule has 1 aromatic rings. The monoisotopic (exact) mass is 193 g/mol. The van der Waals surface area contributed by atoms with E-state index in [9.17, 15) is 4.79 Å². The largest absolute Gasteiger partial charge is 0.326 e. The van der Waals surface area contributed by atoms with Crippen LogP contribution < -0.4 is 5.73 Å². The maximum atomic E-state index is 10.8. The van der Waals surface area contributed by atoms with Gasteiger partial charge in [0.2, 0.25) is 0 Å². The van der Waals surface area contributed by atoms with Gasteiger partial charge in [-0.1, -0.05) is 38.1 Å². The van der Waals surface area contributed by atoms with Gasteiger partial charge >= 0.3 is 0 Å². The molecule has 1 aromatic carbocycles. The van der Waals surface area contributed by atoms with Crippen molar-refractivity contribution in [3.63, 3.8) is 0 Å². The molecule has 0 atom stereocenters. The second-order valence-corrected chi connectivity index (χ2v) is 2.90. The number of carbonyl (C=O) groups is 1. The first-order valence-corrected chi connectivity index (χ1v) is 4.99. The van der Waals surface area contributed by atoms with Crippen LogP contribution in [-0.4, -0.2) is 5.78 Å². The lowest BCUT2D eigenvalue weighted by molar-refractivity contribution is -0.116. The third kappa shape index (κ3) is 4.77. The van der Waals surface area contributed by atoms with Crippen LogP contribution in [-0.2, 0) is 17.8 Å². The minimum absolute atomic E-state index is 0.184. The SMILES string of the molecule is CC.CC(=O)Cc1cccc(CN)c1. The Morgan fingerprint density at radius 1 is 1.29 bits per heavy atom. The predicted molar refractivity (Wildman–Crippen MR) is 60.1 cm³/mol. The highest BCUT2D eigenvalue weighted by Crippen LogP contribution is 2.05. The van der Waals surface area contributed by atoms with Crippen LogP contribution in [0.25, 0.3) is 0 Å². The van der Waals surface area contributed by atoms with Gasteiger partial charge in [0.1, 0.15) is 5.78 Å². The minimum Gasteiger partial charge on any atom is -0.326 e. The topological polar surface area (TPSA) is 43.1 Å². The van der Waals surface area contributed by atoms with Crippen molar-refractivity contribution in [1.29, 1.82) is 0 Å². The highest BCUT2D eigenvalue weighted by molar-refractivity contribution is 5.78.